The highest BCUT2D eigenvalue weighted by atomic mass is 16.2. The third-order valence-electron chi connectivity index (χ3n) is 13.2. The maximum absolute atomic E-state index is 14.4. The van der Waals surface area contributed by atoms with Gasteiger partial charge in [-0.25, -0.2) is 9.97 Å². The van der Waals surface area contributed by atoms with Gasteiger partial charge >= 0.3 is 0 Å². The molecule has 2 aromatic heterocycles. The van der Waals surface area contributed by atoms with Crippen LogP contribution >= 0.6 is 0 Å². The highest BCUT2D eigenvalue weighted by Crippen LogP contribution is 2.51. The lowest BCUT2D eigenvalue weighted by atomic mass is 9.94. The van der Waals surface area contributed by atoms with Gasteiger partial charge in [0.25, 0.3) is 0 Å². The molecule has 1 saturated carbocycles. The third-order valence-corrected chi connectivity index (χ3v) is 13.2. The van der Waals surface area contributed by atoms with Crippen molar-refractivity contribution in [1.29, 1.82) is 0 Å². The van der Waals surface area contributed by atoms with Crippen molar-refractivity contribution in [3.05, 3.63) is 144 Å². The lowest BCUT2D eigenvalue weighted by Gasteiger charge is -2.37. The number of amides is 2. The Balaban J connectivity index is 0.806. The van der Waals surface area contributed by atoms with E-state index in [2.05, 4.69) is 97.5 Å². The zero-order chi connectivity index (χ0) is 39.1. The van der Waals surface area contributed by atoms with Crippen molar-refractivity contribution >= 4 is 11.8 Å². The van der Waals surface area contributed by atoms with Crippen LogP contribution in [0.25, 0.3) is 33.6 Å². The minimum absolute atomic E-state index is 0.0257. The van der Waals surface area contributed by atoms with Crippen LogP contribution in [-0.4, -0.2) is 72.6 Å². The first-order valence-electron chi connectivity index (χ1n) is 21.3. The standard InChI is InChI=1S/C49H51N7O2/c57-47(44(38-12-4-1-5-13-38)54-28-8-3-9-29-54)55-30-10-16-42(55)45-50-32-40(52-45)36-22-18-34(19-23-36)35-20-24-37(25-21-35)41-33-51-46(53-41)43-17-11-31-56(43)48(58)49(26-27-49)39-14-6-2-7-15-39/h1-2,4-7,12-15,18-25,32-33,42-44H,3,8-11,16-17,26-31H2,(H,50,52)(H,51,53)/t42-,43-,44+/m0/s1. The quantitative estimate of drug-likeness (QED) is 0.145. The molecule has 0 bridgehead atoms. The van der Waals surface area contributed by atoms with Crippen molar-refractivity contribution in [3.63, 3.8) is 0 Å². The SMILES string of the molecule is O=C([C@@H](c1ccccc1)N1CCCCC1)N1CCC[C@H]1c1ncc(-c2ccc(-c3ccc(-c4cnc([C@@H]5CCCN5C(=O)C5(c6ccccc6)CC5)[nH]4)cc3)cc2)[nH]1. The number of piperidine rings is 1. The molecule has 4 aromatic carbocycles. The smallest absolute Gasteiger partial charge is 0.245 e. The van der Waals surface area contributed by atoms with Crippen molar-refractivity contribution in [3.8, 4) is 33.6 Å². The summed E-state index contributed by atoms with van der Waals surface area (Å²) in [6.07, 6.45) is 12.9. The highest BCUT2D eigenvalue weighted by Gasteiger charge is 2.54. The molecule has 58 heavy (non-hydrogen) atoms. The largest absolute Gasteiger partial charge is 0.340 e. The van der Waals surface area contributed by atoms with Crippen LogP contribution in [0.4, 0.5) is 0 Å². The van der Waals surface area contributed by atoms with Gasteiger partial charge in [-0.05, 0) is 97.8 Å². The van der Waals surface area contributed by atoms with Gasteiger partial charge in [-0.3, -0.25) is 14.5 Å². The number of likely N-dealkylation sites (tertiary alicyclic amines) is 3. The molecular weight excluding hydrogens is 719 g/mol. The van der Waals surface area contributed by atoms with E-state index in [0.717, 1.165) is 134 Å². The van der Waals surface area contributed by atoms with Gasteiger partial charge < -0.3 is 19.8 Å². The molecular formula is C49H51N7O2. The van der Waals surface area contributed by atoms with Gasteiger partial charge in [0.1, 0.15) is 17.7 Å². The zero-order valence-electron chi connectivity index (χ0n) is 33.0. The van der Waals surface area contributed by atoms with E-state index in [-0.39, 0.29) is 35.4 Å². The number of hydrogen-bond acceptors (Lipinski definition) is 5. The summed E-state index contributed by atoms with van der Waals surface area (Å²) in [6.45, 7) is 3.44. The van der Waals surface area contributed by atoms with Crippen LogP contribution in [0.3, 0.4) is 0 Å². The molecule has 4 fully saturated rings. The van der Waals surface area contributed by atoms with Crippen LogP contribution in [0, 0.1) is 0 Å². The maximum atomic E-state index is 14.4. The molecule has 3 saturated heterocycles. The molecule has 9 nitrogen and oxygen atoms in total. The van der Waals surface area contributed by atoms with Crippen LogP contribution in [0.5, 0.6) is 0 Å². The second-order valence-electron chi connectivity index (χ2n) is 16.7. The minimum atomic E-state index is -0.368. The fourth-order valence-electron chi connectivity index (χ4n) is 9.86. The molecule has 1 aliphatic carbocycles. The summed E-state index contributed by atoms with van der Waals surface area (Å²) in [5, 5.41) is 0. The molecule has 294 valence electrons. The van der Waals surface area contributed by atoms with Crippen LogP contribution in [0.1, 0.15) is 98.7 Å². The molecule has 10 rings (SSSR count). The Morgan fingerprint density at radius 1 is 0.569 bits per heavy atom. The van der Waals surface area contributed by atoms with Gasteiger partial charge in [0, 0.05) is 13.1 Å². The number of carbonyl (C=O) groups excluding carboxylic acids is 2. The molecule has 5 heterocycles. The molecule has 0 unspecified atom stereocenters. The second kappa shape index (κ2) is 15.5. The first-order valence-corrected chi connectivity index (χ1v) is 21.3. The molecule has 2 N–H and O–H groups in total. The number of nitrogens with one attached hydrogen (secondary N) is 2. The fraction of sp³-hybridized carbons (Fsp3) is 0.347. The van der Waals surface area contributed by atoms with Crippen LogP contribution in [0.15, 0.2) is 122 Å². The molecule has 3 atom stereocenters. The lowest BCUT2D eigenvalue weighted by Crippen LogP contribution is -2.44. The monoisotopic (exact) mass is 769 g/mol. The maximum Gasteiger partial charge on any atom is 0.245 e. The van der Waals surface area contributed by atoms with Crippen molar-refractivity contribution in [2.75, 3.05) is 26.2 Å². The third kappa shape index (κ3) is 6.85. The summed E-state index contributed by atoms with van der Waals surface area (Å²) < 4.78 is 0. The summed E-state index contributed by atoms with van der Waals surface area (Å²) in [7, 11) is 0. The number of aromatic nitrogens is 4. The zero-order valence-corrected chi connectivity index (χ0v) is 33.0. The van der Waals surface area contributed by atoms with Crippen molar-refractivity contribution < 1.29 is 9.59 Å². The Hall–Kier alpha value is -5.80. The van der Waals surface area contributed by atoms with E-state index in [0.29, 0.717) is 0 Å². The number of carbonyl (C=O) groups is 2. The molecule has 3 aliphatic heterocycles. The van der Waals surface area contributed by atoms with E-state index in [1.807, 2.05) is 48.8 Å². The van der Waals surface area contributed by atoms with Gasteiger partial charge in [0.15, 0.2) is 0 Å². The van der Waals surface area contributed by atoms with Gasteiger partial charge in [-0.2, -0.15) is 0 Å². The number of rotatable bonds is 10. The molecule has 0 spiro atoms. The Morgan fingerprint density at radius 3 is 1.62 bits per heavy atom. The van der Waals surface area contributed by atoms with Crippen LogP contribution in [0.2, 0.25) is 0 Å². The predicted molar refractivity (Wildman–Crippen MR) is 226 cm³/mol. The van der Waals surface area contributed by atoms with E-state index in [4.69, 9.17) is 9.97 Å². The van der Waals surface area contributed by atoms with E-state index in [9.17, 15) is 9.59 Å². The molecule has 6 aromatic rings. The Kier molecular flexibility index (Phi) is 9.77. The van der Waals surface area contributed by atoms with E-state index in [1.165, 1.54) is 6.42 Å². The summed E-state index contributed by atoms with van der Waals surface area (Å²) in [5.74, 6) is 2.16. The Bertz CT molecular complexity index is 2360. The number of imidazole rings is 2. The predicted octanol–water partition coefficient (Wildman–Crippen LogP) is 9.42. The van der Waals surface area contributed by atoms with Gasteiger partial charge in [0.2, 0.25) is 11.8 Å². The Morgan fingerprint density at radius 2 is 1.07 bits per heavy atom. The first-order chi connectivity index (χ1) is 28.6. The average Bonchev–Trinajstić information content (AvgIpc) is 3.82. The van der Waals surface area contributed by atoms with Crippen LogP contribution < -0.4 is 0 Å². The summed E-state index contributed by atoms with van der Waals surface area (Å²) in [4.78, 5) is 51.6. The summed E-state index contributed by atoms with van der Waals surface area (Å²) in [6, 6.07) is 37.4. The molecule has 0 radical (unpaired) electrons. The summed E-state index contributed by atoms with van der Waals surface area (Å²) >= 11 is 0. The van der Waals surface area contributed by atoms with Crippen molar-refractivity contribution in [1.82, 2.24) is 34.6 Å². The van der Waals surface area contributed by atoms with E-state index in [1.54, 1.807) is 0 Å². The number of H-pyrrole nitrogens is 2. The van der Waals surface area contributed by atoms with Crippen LogP contribution in [-0.2, 0) is 15.0 Å². The van der Waals surface area contributed by atoms with E-state index >= 15 is 0 Å². The molecule has 2 amide bonds. The first kappa shape index (κ1) is 36.5. The number of nitrogens with zero attached hydrogens (tertiary/aromatic N) is 5. The number of hydrogen-bond donors (Lipinski definition) is 2. The van der Waals surface area contributed by atoms with Gasteiger partial charge in [-0.15, -0.1) is 0 Å². The number of aromatic amines is 2. The summed E-state index contributed by atoms with van der Waals surface area (Å²) in [5.41, 5.74) is 8.15. The number of benzene rings is 4. The second-order valence-corrected chi connectivity index (χ2v) is 16.7. The molecule has 4 aliphatic rings. The topological polar surface area (TPSA) is 101 Å². The van der Waals surface area contributed by atoms with Gasteiger partial charge in [0.05, 0.1) is 41.3 Å². The average molecular weight is 770 g/mol. The van der Waals surface area contributed by atoms with Gasteiger partial charge in [-0.1, -0.05) is 116 Å². The minimum Gasteiger partial charge on any atom is -0.340 e. The Labute approximate surface area is 340 Å². The van der Waals surface area contributed by atoms with Crippen molar-refractivity contribution in [2.24, 2.45) is 0 Å². The normalized spacial score (nSPS) is 21.0. The van der Waals surface area contributed by atoms with Crippen molar-refractivity contribution in [2.45, 2.75) is 81.3 Å². The lowest BCUT2D eigenvalue weighted by molar-refractivity contribution is -0.139. The highest BCUT2D eigenvalue weighted by molar-refractivity contribution is 5.92. The van der Waals surface area contributed by atoms with E-state index < -0.39 is 0 Å². The fourth-order valence-corrected chi connectivity index (χ4v) is 9.86. The molecule has 9 heteroatoms.